The van der Waals surface area contributed by atoms with Gasteiger partial charge in [0.05, 0.1) is 24.7 Å². The standard InChI is InChI=1S/C20H27N3O2S/c1-13-14(2)20(26-15(13)3)22-19(24)12-23-10-9-21-11-17(23)16-7-5-6-8-18(16)25-4/h5-8,17,21H,9-12H2,1-4H3,(H,22,24). The van der Waals surface area contributed by atoms with E-state index < -0.39 is 0 Å². The highest BCUT2D eigenvalue weighted by Crippen LogP contribution is 2.32. The Labute approximate surface area is 159 Å². The molecular formula is C20H27N3O2S. The van der Waals surface area contributed by atoms with Gasteiger partial charge in [-0.3, -0.25) is 9.69 Å². The van der Waals surface area contributed by atoms with E-state index in [-0.39, 0.29) is 11.9 Å². The van der Waals surface area contributed by atoms with Gasteiger partial charge in [0.1, 0.15) is 5.75 Å². The normalized spacial score (nSPS) is 17.9. The molecule has 0 aliphatic carbocycles. The molecule has 0 bridgehead atoms. The number of thiophene rings is 1. The minimum absolute atomic E-state index is 0.0381. The minimum Gasteiger partial charge on any atom is -0.496 e. The monoisotopic (exact) mass is 373 g/mol. The van der Waals surface area contributed by atoms with Crippen LogP contribution in [0.2, 0.25) is 0 Å². The van der Waals surface area contributed by atoms with E-state index in [1.165, 1.54) is 16.0 Å². The van der Waals surface area contributed by atoms with Crippen molar-refractivity contribution in [2.45, 2.75) is 26.8 Å². The third-order valence-corrected chi connectivity index (χ3v) is 6.36. The summed E-state index contributed by atoms with van der Waals surface area (Å²) in [6.07, 6.45) is 0. The van der Waals surface area contributed by atoms with E-state index in [2.05, 4.69) is 42.4 Å². The fourth-order valence-corrected chi connectivity index (χ4v) is 4.48. The van der Waals surface area contributed by atoms with E-state index in [1.807, 2.05) is 18.2 Å². The molecule has 26 heavy (non-hydrogen) atoms. The van der Waals surface area contributed by atoms with Crippen molar-refractivity contribution in [2.24, 2.45) is 0 Å². The van der Waals surface area contributed by atoms with Crippen LogP contribution >= 0.6 is 11.3 Å². The first kappa shape index (κ1) is 18.9. The number of nitrogens with zero attached hydrogens (tertiary/aromatic N) is 1. The van der Waals surface area contributed by atoms with E-state index in [9.17, 15) is 4.79 Å². The van der Waals surface area contributed by atoms with Gasteiger partial charge in [-0.2, -0.15) is 0 Å². The molecule has 1 saturated heterocycles. The maximum atomic E-state index is 12.7. The lowest BCUT2D eigenvalue weighted by atomic mass is 10.0. The number of carbonyl (C=O) groups excluding carboxylic acids is 1. The number of rotatable bonds is 5. The molecule has 6 heteroatoms. The molecule has 0 spiro atoms. The molecule has 3 rings (SSSR count). The zero-order chi connectivity index (χ0) is 18.7. The summed E-state index contributed by atoms with van der Waals surface area (Å²) in [6.45, 7) is 9.16. The number of hydrogen-bond acceptors (Lipinski definition) is 5. The number of carbonyl (C=O) groups is 1. The fraction of sp³-hybridized carbons (Fsp3) is 0.450. The smallest absolute Gasteiger partial charge is 0.239 e. The van der Waals surface area contributed by atoms with Gasteiger partial charge in [-0.25, -0.2) is 0 Å². The summed E-state index contributed by atoms with van der Waals surface area (Å²) in [7, 11) is 1.69. The number of anilines is 1. The molecule has 1 aromatic carbocycles. The predicted octanol–water partition coefficient (Wildman–Crippen LogP) is 3.27. The van der Waals surface area contributed by atoms with Gasteiger partial charge in [-0.1, -0.05) is 18.2 Å². The summed E-state index contributed by atoms with van der Waals surface area (Å²) in [4.78, 5) is 16.2. The molecule has 2 N–H and O–H groups in total. The Morgan fingerprint density at radius 2 is 2.08 bits per heavy atom. The highest BCUT2D eigenvalue weighted by atomic mass is 32.1. The van der Waals surface area contributed by atoms with Gasteiger partial charge < -0.3 is 15.4 Å². The number of para-hydroxylation sites is 1. The Balaban J connectivity index is 1.74. The molecule has 5 nitrogen and oxygen atoms in total. The summed E-state index contributed by atoms with van der Waals surface area (Å²) >= 11 is 1.65. The molecule has 1 aliphatic rings. The largest absolute Gasteiger partial charge is 0.496 e. The van der Waals surface area contributed by atoms with Crippen LogP contribution in [0.5, 0.6) is 5.75 Å². The molecule has 1 aromatic heterocycles. The lowest BCUT2D eigenvalue weighted by Crippen LogP contribution is -2.48. The first-order chi connectivity index (χ1) is 12.5. The number of ether oxygens (including phenoxy) is 1. The van der Waals surface area contributed by atoms with E-state index in [0.29, 0.717) is 6.54 Å². The Kier molecular flexibility index (Phi) is 5.96. The molecule has 1 fully saturated rings. The van der Waals surface area contributed by atoms with Gasteiger partial charge in [0, 0.05) is 30.1 Å². The number of aryl methyl sites for hydroxylation is 1. The van der Waals surface area contributed by atoms with Crippen LogP contribution in [0.1, 0.15) is 27.6 Å². The van der Waals surface area contributed by atoms with Gasteiger partial charge in [-0.15, -0.1) is 11.3 Å². The van der Waals surface area contributed by atoms with Crippen molar-refractivity contribution in [1.29, 1.82) is 0 Å². The van der Waals surface area contributed by atoms with Crippen molar-refractivity contribution in [2.75, 3.05) is 38.6 Å². The Morgan fingerprint density at radius 1 is 1.31 bits per heavy atom. The van der Waals surface area contributed by atoms with Crippen molar-refractivity contribution in [3.63, 3.8) is 0 Å². The zero-order valence-corrected chi connectivity index (χ0v) is 16.7. The number of piperazine rings is 1. The molecule has 1 atom stereocenters. The number of nitrogens with one attached hydrogen (secondary N) is 2. The Bertz CT molecular complexity index is 787. The van der Waals surface area contributed by atoms with Crippen molar-refractivity contribution in [1.82, 2.24) is 10.2 Å². The van der Waals surface area contributed by atoms with Crippen LogP contribution in [-0.2, 0) is 4.79 Å². The number of methoxy groups -OCH3 is 1. The summed E-state index contributed by atoms with van der Waals surface area (Å²) in [5.74, 6) is 0.906. The van der Waals surface area contributed by atoms with Crippen molar-refractivity contribution >= 4 is 22.2 Å². The zero-order valence-electron chi connectivity index (χ0n) is 15.9. The van der Waals surface area contributed by atoms with E-state index in [0.717, 1.165) is 35.9 Å². The topological polar surface area (TPSA) is 53.6 Å². The van der Waals surface area contributed by atoms with Crippen LogP contribution in [0.15, 0.2) is 24.3 Å². The Hall–Kier alpha value is -1.89. The van der Waals surface area contributed by atoms with Gasteiger partial charge in [0.25, 0.3) is 0 Å². The molecule has 0 radical (unpaired) electrons. The molecule has 0 saturated carbocycles. The highest BCUT2D eigenvalue weighted by Gasteiger charge is 2.27. The van der Waals surface area contributed by atoms with E-state index in [1.54, 1.807) is 18.4 Å². The predicted molar refractivity (Wildman–Crippen MR) is 107 cm³/mol. The third kappa shape index (κ3) is 3.92. The van der Waals surface area contributed by atoms with Crippen LogP contribution in [0.3, 0.4) is 0 Å². The maximum Gasteiger partial charge on any atom is 0.239 e. The molecular weight excluding hydrogens is 346 g/mol. The average molecular weight is 374 g/mol. The van der Waals surface area contributed by atoms with Crippen LogP contribution < -0.4 is 15.4 Å². The van der Waals surface area contributed by atoms with Crippen LogP contribution in [0, 0.1) is 20.8 Å². The fourth-order valence-electron chi connectivity index (χ4n) is 3.39. The molecule has 140 valence electrons. The molecule has 2 aromatic rings. The molecule has 1 aliphatic heterocycles. The van der Waals surface area contributed by atoms with Crippen LogP contribution in [0.4, 0.5) is 5.00 Å². The SMILES string of the molecule is COc1ccccc1C1CNCCN1CC(=O)Nc1sc(C)c(C)c1C. The Morgan fingerprint density at radius 3 is 2.77 bits per heavy atom. The molecule has 1 amide bonds. The second-order valence-electron chi connectivity index (χ2n) is 6.72. The summed E-state index contributed by atoms with van der Waals surface area (Å²) in [6, 6.07) is 8.17. The number of benzene rings is 1. The highest BCUT2D eigenvalue weighted by molar-refractivity contribution is 7.16. The first-order valence-electron chi connectivity index (χ1n) is 8.95. The van der Waals surface area contributed by atoms with Crippen LogP contribution in [-0.4, -0.2) is 44.1 Å². The lowest BCUT2D eigenvalue weighted by Gasteiger charge is -2.36. The van der Waals surface area contributed by atoms with Gasteiger partial charge in [0.15, 0.2) is 0 Å². The second-order valence-corrected chi connectivity index (χ2v) is 7.94. The van der Waals surface area contributed by atoms with Gasteiger partial charge in [-0.05, 0) is 38.0 Å². The van der Waals surface area contributed by atoms with Crippen LogP contribution in [0.25, 0.3) is 0 Å². The summed E-state index contributed by atoms with van der Waals surface area (Å²) < 4.78 is 5.53. The lowest BCUT2D eigenvalue weighted by molar-refractivity contribution is -0.118. The average Bonchev–Trinajstić information content (AvgIpc) is 2.89. The quantitative estimate of drug-likeness (QED) is 0.845. The van der Waals surface area contributed by atoms with Gasteiger partial charge >= 0.3 is 0 Å². The number of hydrogen-bond donors (Lipinski definition) is 2. The van der Waals surface area contributed by atoms with E-state index in [4.69, 9.17) is 4.74 Å². The van der Waals surface area contributed by atoms with E-state index >= 15 is 0 Å². The molecule has 1 unspecified atom stereocenters. The van der Waals surface area contributed by atoms with Crippen molar-refractivity contribution in [3.05, 3.63) is 45.8 Å². The maximum absolute atomic E-state index is 12.7. The molecule has 2 heterocycles. The van der Waals surface area contributed by atoms with Crippen molar-refractivity contribution < 1.29 is 9.53 Å². The van der Waals surface area contributed by atoms with Crippen molar-refractivity contribution in [3.8, 4) is 5.75 Å². The second kappa shape index (κ2) is 8.20. The summed E-state index contributed by atoms with van der Waals surface area (Å²) in [5.41, 5.74) is 3.55. The minimum atomic E-state index is 0.0381. The number of amides is 1. The third-order valence-electron chi connectivity index (χ3n) is 5.14. The van der Waals surface area contributed by atoms with Gasteiger partial charge in [0.2, 0.25) is 5.91 Å². The summed E-state index contributed by atoms with van der Waals surface area (Å²) in [5, 5.41) is 7.50. The first-order valence-corrected chi connectivity index (χ1v) is 9.77.